The molecule has 0 saturated carbocycles. The predicted molar refractivity (Wildman–Crippen MR) is 75.0 cm³/mol. The van der Waals surface area contributed by atoms with Crippen molar-refractivity contribution in [3.8, 4) is 11.5 Å². The Bertz CT molecular complexity index is 672. The van der Waals surface area contributed by atoms with Crippen molar-refractivity contribution in [2.24, 2.45) is 0 Å². The van der Waals surface area contributed by atoms with Crippen molar-refractivity contribution in [1.29, 1.82) is 0 Å². The summed E-state index contributed by atoms with van der Waals surface area (Å²) in [5, 5.41) is 2.69. The third-order valence-electron chi connectivity index (χ3n) is 3.18. The van der Waals surface area contributed by atoms with Crippen LogP contribution in [-0.2, 0) is 6.54 Å². The molecule has 0 saturated heterocycles. The molecule has 0 fully saturated rings. The number of benzene rings is 2. The minimum Gasteiger partial charge on any atom is -0.486 e. The van der Waals surface area contributed by atoms with Gasteiger partial charge in [-0.3, -0.25) is 4.79 Å². The Labute approximate surface area is 121 Å². The summed E-state index contributed by atoms with van der Waals surface area (Å²) in [6, 6.07) is 11.4. The lowest BCUT2D eigenvalue weighted by Crippen LogP contribution is -2.24. The molecule has 1 N–H and O–H groups in total. The van der Waals surface area contributed by atoms with E-state index in [0.717, 1.165) is 5.56 Å². The van der Waals surface area contributed by atoms with Crippen LogP contribution in [0.1, 0.15) is 15.9 Å². The third kappa shape index (κ3) is 2.97. The molecule has 0 aromatic heterocycles. The van der Waals surface area contributed by atoms with E-state index in [4.69, 9.17) is 9.47 Å². The van der Waals surface area contributed by atoms with Gasteiger partial charge < -0.3 is 14.8 Å². The van der Waals surface area contributed by atoms with Crippen LogP contribution in [0.3, 0.4) is 0 Å². The Kier molecular flexibility index (Phi) is 3.73. The van der Waals surface area contributed by atoms with Gasteiger partial charge in [0.25, 0.3) is 5.91 Å². The van der Waals surface area contributed by atoms with E-state index in [-0.39, 0.29) is 5.56 Å². The zero-order valence-electron chi connectivity index (χ0n) is 11.3. The molecule has 21 heavy (non-hydrogen) atoms. The van der Waals surface area contributed by atoms with Gasteiger partial charge in [-0.15, -0.1) is 0 Å². The van der Waals surface area contributed by atoms with Crippen LogP contribution in [0.15, 0.2) is 42.5 Å². The molecular weight excluding hydrogens is 273 g/mol. The van der Waals surface area contributed by atoms with E-state index in [1.54, 1.807) is 18.2 Å². The minimum absolute atomic E-state index is 0.0371. The van der Waals surface area contributed by atoms with Gasteiger partial charge in [0.15, 0.2) is 11.5 Å². The van der Waals surface area contributed by atoms with E-state index in [1.807, 2.05) is 12.1 Å². The smallest absolute Gasteiger partial charge is 0.254 e. The first-order valence-corrected chi connectivity index (χ1v) is 6.65. The van der Waals surface area contributed by atoms with E-state index in [9.17, 15) is 9.18 Å². The summed E-state index contributed by atoms with van der Waals surface area (Å²) < 4.78 is 24.4. The largest absolute Gasteiger partial charge is 0.486 e. The van der Waals surface area contributed by atoms with Crippen molar-refractivity contribution in [1.82, 2.24) is 5.32 Å². The Morgan fingerprint density at radius 2 is 1.86 bits per heavy atom. The lowest BCUT2D eigenvalue weighted by Gasteiger charge is -2.19. The molecule has 3 rings (SSSR count). The Morgan fingerprint density at radius 1 is 1.10 bits per heavy atom. The lowest BCUT2D eigenvalue weighted by molar-refractivity contribution is 0.0946. The van der Waals surface area contributed by atoms with Crippen molar-refractivity contribution in [2.75, 3.05) is 13.2 Å². The molecule has 0 bridgehead atoms. The highest BCUT2D eigenvalue weighted by molar-refractivity contribution is 5.94. The van der Waals surface area contributed by atoms with Gasteiger partial charge in [-0.05, 0) is 29.8 Å². The van der Waals surface area contributed by atoms with Gasteiger partial charge in [0.1, 0.15) is 19.0 Å². The second kappa shape index (κ2) is 5.83. The van der Waals surface area contributed by atoms with Crippen LogP contribution < -0.4 is 14.8 Å². The van der Waals surface area contributed by atoms with Crippen LogP contribution in [0.4, 0.5) is 4.39 Å². The number of fused-ring (bicyclic) bond motifs is 1. The van der Waals surface area contributed by atoms with E-state index in [0.29, 0.717) is 31.3 Å². The number of nitrogens with one attached hydrogen (secondary N) is 1. The maximum atomic E-state index is 13.5. The molecule has 4 nitrogen and oxygen atoms in total. The third-order valence-corrected chi connectivity index (χ3v) is 3.18. The second-order valence-electron chi connectivity index (χ2n) is 4.64. The van der Waals surface area contributed by atoms with Gasteiger partial charge in [-0.2, -0.15) is 0 Å². The average molecular weight is 287 g/mol. The summed E-state index contributed by atoms with van der Waals surface area (Å²) in [6.07, 6.45) is 0. The zero-order valence-corrected chi connectivity index (χ0v) is 11.3. The SMILES string of the molecule is O=C(NCc1ccc2c(c1)OCCO2)c1ccccc1F. The van der Waals surface area contributed by atoms with Crippen LogP contribution in [-0.4, -0.2) is 19.1 Å². The monoisotopic (exact) mass is 287 g/mol. The van der Waals surface area contributed by atoms with Gasteiger partial charge in [0, 0.05) is 6.54 Å². The first-order valence-electron chi connectivity index (χ1n) is 6.65. The van der Waals surface area contributed by atoms with E-state index in [1.165, 1.54) is 12.1 Å². The molecule has 0 aliphatic carbocycles. The summed E-state index contributed by atoms with van der Waals surface area (Å²) in [5.74, 6) is 0.393. The van der Waals surface area contributed by atoms with Crippen LogP contribution in [0, 0.1) is 5.82 Å². The van der Waals surface area contributed by atoms with E-state index < -0.39 is 11.7 Å². The van der Waals surface area contributed by atoms with Gasteiger partial charge in [-0.25, -0.2) is 4.39 Å². The van der Waals surface area contributed by atoms with E-state index in [2.05, 4.69) is 5.32 Å². The van der Waals surface area contributed by atoms with Gasteiger partial charge in [-0.1, -0.05) is 18.2 Å². The maximum absolute atomic E-state index is 13.5. The number of amides is 1. The van der Waals surface area contributed by atoms with Gasteiger partial charge in [0.2, 0.25) is 0 Å². The quantitative estimate of drug-likeness (QED) is 0.943. The molecular formula is C16H14FNO3. The van der Waals surface area contributed by atoms with Gasteiger partial charge >= 0.3 is 0 Å². The predicted octanol–water partition coefficient (Wildman–Crippen LogP) is 2.53. The number of ether oxygens (including phenoxy) is 2. The number of carbonyl (C=O) groups excluding carboxylic acids is 1. The maximum Gasteiger partial charge on any atom is 0.254 e. The van der Waals surface area contributed by atoms with Crippen molar-refractivity contribution in [3.63, 3.8) is 0 Å². The highest BCUT2D eigenvalue weighted by Gasteiger charge is 2.13. The highest BCUT2D eigenvalue weighted by atomic mass is 19.1. The van der Waals surface area contributed by atoms with Gasteiger partial charge in [0.05, 0.1) is 5.56 Å². The second-order valence-corrected chi connectivity index (χ2v) is 4.64. The van der Waals surface area contributed by atoms with Crippen LogP contribution in [0.5, 0.6) is 11.5 Å². The van der Waals surface area contributed by atoms with Crippen molar-refractivity contribution >= 4 is 5.91 Å². The molecule has 0 spiro atoms. The normalized spacial score (nSPS) is 12.8. The first kappa shape index (κ1) is 13.4. The summed E-state index contributed by atoms with van der Waals surface area (Å²) in [4.78, 5) is 11.9. The molecule has 2 aromatic carbocycles. The molecule has 108 valence electrons. The van der Waals surface area contributed by atoms with E-state index >= 15 is 0 Å². The summed E-state index contributed by atoms with van der Waals surface area (Å²) in [6.45, 7) is 1.35. The standard InChI is InChI=1S/C16H14FNO3/c17-13-4-2-1-3-12(13)16(19)18-10-11-5-6-14-15(9-11)21-8-7-20-14/h1-6,9H,7-8,10H2,(H,18,19). The lowest BCUT2D eigenvalue weighted by atomic mass is 10.1. The Hall–Kier alpha value is -2.56. The summed E-state index contributed by atoms with van der Waals surface area (Å²) in [7, 11) is 0. The number of rotatable bonds is 3. The van der Waals surface area contributed by atoms with Crippen LogP contribution in [0.2, 0.25) is 0 Å². The molecule has 1 aliphatic heterocycles. The molecule has 1 heterocycles. The minimum atomic E-state index is -0.530. The number of hydrogen-bond acceptors (Lipinski definition) is 3. The molecule has 0 atom stereocenters. The van der Waals surface area contributed by atoms with Crippen molar-refractivity contribution < 1.29 is 18.7 Å². The van der Waals surface area contributed by atoms with Crippen LogP contribution in [0.25, 0.3) is 0 Å². The first-order chi connectivity index (χ1) is 10.2. The number of halogens is 1. The molecule has 2 aromatic rings. The number of carbonyl (C=O) groups is 1. The molecule has 1 aliphatic rings. The average Bonchev–Trinajstić information content (AvgIpc) is 2.53. The van der Waals surface area contributed by atoms with Crippen LogP contribution >= 0.6 is 0 Å². The summed E-state index contributed by atoms with van der Waals surface area (Å²) in [5.41, 5.74) is 0.902. The zero-order chi connectivity index (χ0) is 14.7. The molecule has 1 amide bonds. The summed E-state index contributed by atoms with van der Waals surface area (Å²) >= 11 is 0. The Morgan fingerprint density at radius 3 is 2.67 bits per heavy atom. The fourth-order valence-electron chi connectivity index (χ4n) is 2.12. The fourth-order valence-corrected chi connectivity index (χ4v) is 2.12. The molecule has 0 radical (unpaired) electrons. The molecule has 0 unspecified atom stereocenters. The highest BCUT2D eigenvalue weighted by Crippen LogP contribution is 2.30. The topological polar surface area (TPSA) is 47.6 Å². The van der Waals surface area contributed by atoms with Crippen molar-refractivity contribution in [2.45, 2.75) is 6.54 Å². The van der Waals surface area contributed by atoms with Crippen molar-refractivity contribution in [3.05, 3.63) is 59.4 Å². The Balaban J connectivity index is 1.68. The number of hydrogen-bond donors (Lipinski definition) is 1. The fraction of sp³-hybridized carbons (Fsp3) is 0.188. The molecule has 5 heteroatoms.